The van der Waals surface area contributed by atoms with Gasteiger partial charge in [-0.3, -0.25) is 0 Å². The molecule has 20 heavy (non-hydrogen) atoms. The molecule has 0 N–H and O–H groups in total. The summed E-state index contributed by atoms with van der Waals surface area (Å²) in [6.07, 6.45) is 0.684. The van der Waals surface area contributed by atoms with Crippen molar-refractivity contribution in [1.29, 1.82) is 5.26 Å². The molecule has 2 atom stereocenters. The van der Waals surface area contributed by atoms with Gasteiger partial charge in [-0.25, -0.2) is 0 Å². The van der Waals surface area contributed by atoms with Gasteiger partial charge in [-0.1, -0.05) is 12.1 Å². The van der Waals surface area contributed by atoms with Crippen molar-refractivity contribution in [3.63, 3.8) is 0 Å². The first-order valence-corrected chi connectivity index (χ1v) is 7.39. The largest absolute Gasteiger partial charge is 0.417 e. The van der Waals surface area contributed by atoms with E-state index < -0.39 is 11.7 Å². The zero-order valence-corrected chi connectivity index (χ0v) is 11.4. The molecule has 2 heterocycles. The maximum absolute atomic E-state index is 13.0. The summed E-state index contributed by atoms with van der Waals surface area (Å²) in [5.74, 6) is 0. The van der Waals surface area contributed by atoms with Gasteiger partial charge in [0.1, 0.15) is 0 Å². The minimum Gasteiger partial charge on any atom is -0.192 e. The average Bonchev–Trinajstić information content (AvgIpc) is 2.75. The first-order chi connectivity index (χ1) is 9.47. The number of nitrogens with zero attached hydrogens (tertiary/aromatic N) is 1. The molecule has 1 nitrogen and oxygen atoms in total. The standard InChI is InChI=1S/C15H12F3NS/c16-15(17,18)14-7-9(1-2-10(14)8-19)11-5-12-3-4-13(6-11)20-12/h1-2,5,7,12-13H,3-4,6H2. The Balaban J connectivity index is 2.02. The van der Waals surface area contributed by atoms with Crippen LogP contribution in [0.15, 0.2) is 24.3 Å². The van der Waals surface area contributed by atoms with Crippen LogP contribution in [0.3, 0.4) is 0 Å². The molecule has 2 bridgehead atoms. The van der Waals surface area contributed by atoms with E-state index in [-0.39, 0.29) is 5.56 Å². The van der Waals surface area contributed by atoms with E-state index in [2.05, 4.69) is 6.08 Å². The third-order valence-electron chi connectivity index (χ3n) is 3.79. The molecular weight excluding hydrogens is 283 g/mol. The third kappa shape index (κ3) is 2.45. The Labute approximate surface area is 119 Å². The van der Waals surface area contributed by atoms with Crippen LogP contribution in [0.25, 0.3) is 5.57 Å². The highest BCUT2D eigenvalue weighted by Crippen LogP contribution is 2.45. The molecule has 1 fully saturated rings. The van der Waals surface area contributed by atoms with E-state index in [1.165, 1.54) is 6.07 Å². The molecule has 0 spiro atoms. The van der Waals surface area contributed by atoms with Gasteiger partial charge in [-0.05, 0) is 42.5 Å². The van der Waals surface area contributed by atoms with Crippen LogP contribution in [0.2, 0.25) is 0 Å². The highest BCUT2D eigenvalue weighted by Gasteiger charge is 2.35. The summed E-state index contributed by atoms with van der Waals surface area (Å²) < 4.78 is 38.9. The SMILES string of the molecule is N#Cc1ccc(C2=CC3CCC(C2)S3)cc1C(F)(F)F. The van der Waals surface area contributed by atoms with Crippen LogP contribution in [0, 0.1) is 11.3 Å². The molecule has 1 aromatic carbocycles. The Morgan fingerprint density at radius 3 is 2.70 bits per heavy atom. The molecule has 3 rings (SSSR count). The summed E-state index contributed by atoms with van der Waals surface area (Å²) in [5.41, 5.74) is 0.457. The van der Waals surface area contributed by atoms with E-state index in [1.54, 1.807) is 12.1 Å². The molecule has 104 valence electrons. The summed E-state index contributed by atoms with van der Waals surface area (Å²) in [7, 11) is 0. The topological polar surface area (TPSA) is 23.8 Å². The van der Waals surface area contributed by atoms with E-state index in [1.807, 2.05) is 11.8 Å². The van der Waals surface area contributed by atoms with Crippen LogP contribution >= 0.6 is 11.8 Å². The van der Waals surface area contributed by atoms with Crippen LogP contribution in [0.4, 0.5) is 13.2 Å². The summed E-state index contributed by atoms with van der Waals surface area (Å²) >= 11 is 1.92. The Bertz CT molecular complexity index is 613. The fourth-order valence-corrected chi connectivity index (χ4v) is 4.39. The average molecular weight is 295 g/mol. The number of fused-ring (bicyclic) bond motifs is 2. The zero-order chi connectivity index (χ0) is 14.3. The number of alkyl halides is 3. The van der Waals surface area contributed by atoms with E-state index in [0.29, 0.717) is 16.1 Å². The molecule has 5 heteroatoms. The normalized spacial score (nSPS) is 25.2. The van der Waals surface area contributed by atoms with Crippen molar-refractivity contribution in [2.45, 2.75) is 35.9 Å². The van der Waals surface area contributed by atoms with Crippen LogP contribution in [-0.2, 0) is 6.18 Å². The Hall–Kier alpha value is -1.41. The van der Waals surface area contributed by atoms with Crippen molar-refractivity contribution in [3.8, 4) is 6.07 Å². The van der Waals surface area contributed by atoms with Gasteiger partial charge in [0.2, 0.25) is 0 Å². The number of nitriles is 1. The molecule has 2 unspecified atom stereocenters. The fraction of sp³-hybridized carbons (Fsp3) is 0.400. The van der Waals surface area contributed by atoms with Gasteiger partial charge < -0.3 is 0 Å². The Morgan fingerprint density at radius 2 is 2.05 bits per heavy atom. The summed E-state index contributed by atoms with van der Waals surface area (Å²) in [5, 5.41) is 9.78. The highest BCUT2D eigenvalue weighted by molar-refractivity contribution is 8.01. The smallest absolute Gasteiger partial charge is 0.192 e. The number of halogens is 3. The molecule has 2 aliphatic rings. The maximum atomic E-state index is 13.0. The van der Waals surface area contributed by atoms with E-state index >= 15 is 0 Å². The number of allylic oxidation sites excluding steroid dienone is 1. The van der Waals surface area contributed by atoms with Crippen molar-refractivity contribution in [1.82, 2.24) is 0 Å². The van der Waals surface area contributed by atoms with Gasteiger partial charge in [-0.2, -0.15) is 30.2 Å². The molecule has 0 aliphatic carbocycles. The lowest BCUT2D eigenvalue weighted by Gasteiger charge is -2.20. The Morgan fingerprint density at radius 1 is 1.25 bits per heavy atom. The second-order valence-electron chi connectivity index (χ2n) is 5.14. The van der Waals surface area contributed by atoms with Gasteiger partial charge in [0.25, 0.3) is 0 Å². The van der Waals surface area contributed by atoms with E-state index in [0.717, 1.165) is 30.9 Å². The van der Waals surface area contributed by atoms with E-state index in [4.69, 9.17) is 5.26 Å². The Kier molecular flexibility index (Phi) is 3.29. The van der Waals surface area contributed by atoms with Crippen molar-refractivity contribution < 1.29 is 13.2 Å². The van der Waals surface area contributed by atoms with Crippen molar-refractivity contribution in [2.24, 2.45) is 0 Å². The molecule has 0 aromatic heterocycles. The predicted octanol–water partition coefficient (Wildman–Crippen LogP) is 4.63. The van der Waals surface area contributed by atoms with E-state index in [9.17, 15) is 13.2 Å². The molecular formula is C15H12F3NS. The minimum absolute atomic E-state index is 0.310. The van der Waals surface area contributed by atoms with Gasteiger partial charge in [0.15, 0.2) is 0 Å². The third-order valence-corrected chi connectivity index (χ3v) is 5.30. The lowest BCUT2D eigenvalue weighted by Crippen LogP contribution is -2.10. The van der Waals surface area contributed by atoms with Crippen LogP contribution < -0.4 is 0 Å². The van der Waals surface area contributed by atoms with Gasteiger partial charge in [0, 0.05) is 10.5 Å². The molecule has 1 aromatic rings. The maximum Gasteiger partial charge on any atom is 0.417 e. The van der Waals surface area contributed by atoms with Gasteiger partial charge in [-0.15, -0.1) is 0 Å². The fourth-order valence-electron chi connectivity index (χ4n) is 2.83. The number of rotatable bonds is 1. The number of benzene rings is 1. The molecule has 0 amide bonds. The van der Waals surface area contributed by atoms with Crippen molar-refractivity contribution in [2.75, 3.05) is 0 Å². The predicted molar refractivity (Wildman–Crippen MR) is 73.2 cm³/mol. The van der Waals surface area contributed by atoms with Crippen LogP contribution in [0.1, 0.15) is 36.0 Å². The second kappa shape index (κ2) is 4.85. The second-order valence-corrected chi connectivity index (χ2v) is 6.68. The molecule has 0 radical (unpaired) electrons. The molecule has 2 aliphatic heterocycles. The molecule has 0 saturated carbocycles. The van der Waals surface area contributed by atoms with Gasteiger partial charge in [0.05, 0.1) is 17.2 Å². The molecule has 1 saturated heterocycles. The number of hydrogen-bond acceptors (Lipinski definition) is 2. The first-order valence-electron chi connectivity index (χ1n) is 6.45. The first kappa shape index (κ1) is 13.6. The lowest BCUT2D eigenvalue weighted by atomic mass is 9.96. The summed E-state index contributed by atoms with van der Waals surface area (Å²) in [6.45, 7) is 0. The highest BCUT2D eigenvalue weighted by atomic mass is 32.2. The van der Waals surface area contributed by atoms with Crippen molar-refractivity contribution >= 4 is 17.3 Å². The lowest BCUT2D eigenvalue weighted by molar-refractivity contribution is -0.137. The van der Waals surface area contributed by atoms with Crippen LogP contribution in [-0.4, -0.2) is 10.5 Å². The number of thioether (sulfide) groups is 1. The zero-order valence-electron chi connectivity index (χ0n) is 10.6. The summed E-state index contributed by atoms with van der Waals surface area (Å²) in [4.78, 5) is 0. The minimum atomic E-state index is -4.48. The van der Waals surface area contributed by atoms with Crippen LogP contribution in [0.5, 0.6) is 0 Å². The summed E-state index contributed by atoms with van der Waals surface area (Å²) in [6, 6.07) is 5.66. The van der Waals surface area contributed by atoms with Gasteiger partial charge >= 0.3 is 6.18 Å². The van der Waals surface area contributed by atoms with Crippen molar-refractivity contribution in [3.05, 3.63) is 41.0 Å². The monoisotopic (exact) mass is 295 g/mol. The number of hydrogen-bond donors (Lipinski definition) is 0. The quantitative estimate of drug-likeness (QED) is 0.754.